The van der Waals surface area contributed by atoms with Gasteiger partial charge in [0.15, 0.2) is 0 Å². The highest BCUT2D eigenvalue weighted by Crippen LogP contribution is 2.13. The third-order valence-corrected chi connectivity index (χ3v) is 2.03. The molecule has 0 aromatic carbocycles. The molecular weight excluding hydrogens is 147 g/mol. The molecule has 1 aliphatic rings. The van der Waals surface area contributed by atoms with E-state index in [1.165, 1.54) is 25.0 Å². The van der Waals surface area contributed by atoms with E-state index in [2.05, 4.69) is 18.0 Å². The lowest BCUT2D eigenvalue weighted by molar-refractivity contribution is 0.371. The van der Waals surface area contributed by atoms with Crippen LogP contribution in [0, 0.1) is 11.3 Å². The van der Waals surface area contributed by atoms with Gasteiger partial charge in [-0.15, -0.1) is 0 Å². The average molecular weight is 161 g/mol. The van der Waals surface area contributed by atoms with Gasteiger partial charge in [0.1, 0.15) is 0 Å². The van der Waals surface area contributed by atoms with Crippen LogP contribution in [-0.4, -0.2) is 33.5 Å². The van der Waals surface area contributed by atoms with Crippen LogP contribution in [0.15, 0.2) is 11.6 Å². The average Bonchev–Trinajstić information content (AvgIpc) is 2.15. The minimum atomic E-state index is 0. The van der Waals surface area contributed by atoms with E-state index < -0.39 is 0 Å². The first-order valence-corrected chi connectivity index (χ1v) is 4.09. The predicted octanol–water partition coefficient (Wildman–Crippen LogP) is 1.17. The summed E-state index contributed by atoms with van der Waals surface area (Å²) in [5.74, 6) is 0. The monoisotopic (exact) mass is 161 g/mol. The van der Waals surface area contributed by atoms with Gasteiger partial charge in [0.2, 0.25) is 0 Å². The topological polar surface area (TPSA) is 27.0 Å². The molecule has 1 rings (SSSR count). The zero-order valence-corrected chi connectivity index (χ0v) is 7.58. The van der Waals surface area contributed by atoms with E-state index in [0.717, 1.165) is 13.0 Å². The Bertz CT molecular complexity index is 193. The maximum absolute atomic E-state index is 8.45. The van der Waals surface area contributed by atoms with Crippen molar-refractivity contribution in [2.75, 3.05) is 20.1 Å². The fourth-order valence-electron chi connectivity index (χ4n) is 1.45. The molecule has 3 radical (unpaired) electrons. The van der Waals surface area contributed by atoms with Crippen molar-refractivity contribution < 1.29 is 0 Å². The van der Waals surface area contributed by atoms with E-state index >= 15 is 0 Å². The molecule has 0 unspecified atom stereocenters. The van der Waals surface area contributed by atoms with E-state index in [0.29, 0.717) is 0 Å². The SMILES string of the molecule is CN1CCCC/C(=C/C#N)C1.[B]. The summed E-state index contributed by atoms with van der Waals surface area (Å²) in [6, 6.07) is 2.10. The fraction of sp³-hybridized carbons (Fsp3) is 0.667. The van der Waals surface area contributed by atoms with Crippen LogP contribution in [-0.2, 0) is 0 Å². The molecule has 3 heteroatoms. The van der Waals surface area contributed by atoms with Crippen molar-refractivity contribution in [3.63, 3.8) is 0 Å². The van der Waals surface area contributed by atoms with Gasteiger partial charge in [-0.1, -0.05) is 0 Å². The Morgan fingerprint density at radius 3 is 2.92 bits per heavy atom. The summed E-state index contributed by atoms with van der Waals surface area (Å²) in [6.07, 6.45) is 5.30. The quantitative estimate of drug-likeness (QED) is 0.394. The Balaban J connectivity index is 0.00000121. The molecule has 0 aromatic rings. The third kappa shape index (κ3) is 3.59. The summed E-state index contributed by atoms with van der Waals surface area (Å²) in [6.45, 7) is 2.15. The van der Waals surface area contributed by atoms with Gasteiger partial charge < -0.3 is 4.90 Å². The van der Waals surface area contributed by atoms with Crippen LogP contribution in [0.2, 0.25) is 0 Å². The molecule has 0 spiro atoms. The molecular formula is C9H14BN2. The largest absolute Gasteiger partial charge is 0.302 e. The van der Waals surface area contributed by atoms with Gasteiger partial charge >= 0.3 is 0 Å². The molecule has 1 fully saturated rings. The standard InChI is InChI=1S/C9H14N2.B/c1-11-7-3-2-4-9(8-11)5-6-10;/h5H,2-4,7-8H2,1H3;/b9-5-;. The zero-order valence-electron chi connectivity index (χ0n) is 7.58. The molecule has 1 aliphatic heterocycles. The van der Waals surface area contributed by atoms with Crippen LogP contribution in [0.1, 0.15) is 19.3 Å². The molecule has 0 saturated carbocycles. The molecule has 1 saturated heterocycles. The number of nitriles is 1. The first-order valence-electron chi connectivity index (χ1n) is 4.09. The summed E-state index contributed by atoms with van der Waals surface area (Å²) in [4.78, 5) is 2.27. The van der Waals surface area contributed by atoms with Gasteiger partial charge in [-0.25, -0.2) is 0 Å². The van der Waals surface area contributed by atoms with Crippen LogP contribution in [0.5, 0.6) is 0 Å². The maximum Gasteiger partial charge on any atom is 0.0912 e. The summed E-state index contributed by atoms with van der Waals surface area (Å²) >= 11 is 0. The second-order valence-corrected chi connectivity index (χ2v) is 3.13. The van der Waals surface area contributed by atoms with Crippen molar-refractivity contribution in [1.82, 2.24) is 4.90 Å². The number of rotatable bonds is 0. The molecule has 0 atom stereocenters. The Hall–Kier alpha value is -0.745. The van der Waals surface area contributed by atoms with Crippen molar-refractivity contribution in [3.05, 3.63) is 11.6 Å². The van der Waals surface area contributed by atoms with Gasteiger partial charge in [0, 0.05) is 21.0 Å². The molecule has 0 amide bonds. The number of nitrogens with zero attached hydrogens (tertiary/aromatic N) is 2. The van der Waals surface area contributed by atoms with Crippen molar-refractivity contribution in [2.45, 2.75) is 19.3 Å². The van der Waals surface area contributed by atoms with Gasteiger partial charge in [-0.05, 0) is 38.4 Å². The molecule has 1 heterocycles. The minimum absolute atomic E-state index is 0. The van der Waals surface area contributed by atoms with Gasteiger partial charge in [0.05, 0.1) is 6.07 Å². The lowest BCUT2D eigenvalue weighted by atomic mass is 10.1. The highest BCUT2D eigenvalue weighted by molar-refractivity contribution is 5.75. The van der Waals surface area contributed by atoms with Crippen LogP contribution in [0.4, 0.5) is 0 Å². The van der Waals surface area contributed by atoms with Crippen LogP contribution in [0.25, 0.3) is 0 Å². The predicted molar refractivity (Wildman–Crippen MR) is 50.8 cm³/mol. The molecule has 0 aliphatic carbocycles. The molecule has 63 valence electrons. The lowest BCUT2D eigenvalue weighted by Crippen LogP contribution is -2.19. The van der Waals surface area contributed by atoms with Gasteiger partial charge in [-0.3, -0.25) is 0 Å². The van der Waals surface area contributed by atoms with E-state index in [1.807, 2.05) is 0 Å². The molecule has 12 heavy (non-hydrogen) atoms. The third-order valence-electron chi connectivity index (χ3n) is 2.03. The van der Waals surface area contributed by atoms with Crippen LogP contribution >= 0.6 is 0 Å². The molecule has 0 aromatic heterocycles. The number of likely N-dealkylation sites (tertiary alicyclic amines) is 1. The number of likely N-dealkylation sites (N-methyl/N-ethyl adjacent to an activating group) is 1. The Labute approximate surface area is 76.4 Å². The van der Waals surface area contributed by atoms with Crippen LogP contribution < -0.4 is 0 Å². The van der Waals surface area contributed by atoms with E-state index in [1.54, 1.807) is 6.08 Å². The second kappa shape index (κ2) is 5.85. The maximum atomic E-state index is 8.45. The van der Waals surface area contributed by atoms with Crippen LogP contribution in [0.3, 0.4) is 0 Å². The Kier molecular flexibility index (Phi) is 5.49. The van der Waals surface area contributed by atoms with Crippen molar-refractivity contribution >= 4 is 8.41 Å². The normalized spacial score (nSPS) is 22.5. The highest BCUT2D eigenvalue weighted by atomic mass is 15.1. The first kappa shape index (κ1) is 11.3. The lowest BCUT2D eigenvalue weighted by Gasteiger charge is -2.12. The summed E-state index contributed by atoms with van der Waals surface area (Å²) in [5, 5.41) is 8.45. The number of hydrogen-bond acceptors (Lipinski definition) is 2. The Morgan fingerprint density at radius 2 is 2.25 bits per heavy atom. The fourth-order valence-corrected chi connectivity index (χ4v) is 1.45. The first-order chi connectivity index (χ1) is 5.33. The summed E-state index contributed by atoms with van der Waals surface area (Å²) in [5.41, 5.74) is 1.28. The molecule has 2 nitrogen and oxygen atoms in total. The second-order valence-electron chi connectivity index (χ2n) is 3.13. The number of hydrogen-bond donors (Lipinski definition) is 0. The van der Waals surface area contributed by atoms with E-state index in [-0.39, 0.29) is 8.41 Å². The summed E-state index contributed by atoms with van der Waals surface area (Å²) < 4.78 is 0. The zero-order chi connectivity index (χ0) is 8.10. The van der Waals surface area contributed by atoms with Gasteiger partial charge in [-0.2, -0.15) is 5.26 Å². The highest BCUT2D eigenvalue weighted by Gasteiger charge is 2.07. The smallest absolute Gasteiger partial charge is 0.0912 e. The number of allylic oxidation sites excluding steroid dienone is 1. The van der Waals surface area contributed by atoms with E-state index in [9.17, 15) is 0 Å². The van der Waals surface area contributed by atoms with Gasteiger partial charge in [0.25, 0.3) is 0 Å². The summed E-state index contributed by atoms with van der Waals surface area (Å²) in [7, 11) is 2.11. The van der Waals surface area contributed by atoms with Crippen molar-refractivity contribution in [3.8, 4) is 6.07 Å². The van der Waals surface area contributed by atoms with Crippen molar-refractivity contribution in [2.24, 2.45) is 0 Å². The minimum Gasteiger partial charge on any atom is -0.302 e. The van der Waals surface area contributed by atoms with E-state index in [4.69, 9.17) is 5.26 Å². The molecule has 0 N–H and O–H groups in total. The molecule has 0 bridgehead atoms. The Morgan fingerprint density at radius 1 is 1.50 bits per heavy atom. The van der Waals surface area contributed by atoms with Crippen molar-refractivity contribution in [1.29, 1.82) is 5.26 Å².